The number of para-hydroxylation sites is 1. The van der Waals surface area contributed by atoms with Crippen molar-refractivity contribution in [2.24, 2.45) is 0 Å². The number of carboxylic acids is 1. The van der Waals surface area contributed by atoms with Crippen LogP contribution in [0.1, 0.15) is 25.7 Å². The van der Waals surface area contributed by atoms with Crippen molar-refractivity contribution < 1.29 is 17.5 Å². The van der Waals surface area contributed by atoms with Gasteiger partial charge in [0.15, 0.2) is 0 Å². The monoisotopic (exact) mass is 466 g/mol. The predicted molar refractivity (Wildman–Crippen MR) is 130 cm³/mol. The minimum absolute atomic E-state index is 0. The van der Waals surface area contributed by atoms with Gasteiger partial charge in [-0.2, -0.15) is 10.2 Å². The first-order valence-corrected chi connectivity index (χ1v) is 10.4. The van der Waals surface area contributed by atoms with E-state index in [9.17, 15) is 9.90 Å². The van der Waals surface area contributed by atoms with E-state index in [1.54, 1.807) is 18.2 Å². The van der Waals surface area contributed by atoms with Crippen LogP contribution in [0.2, 0.25) is 0 Å². The predicted octanol–water partition coefficient (Wildman–Crippen LogP) is 3.87. The smallest absolute Gasteiger partial charge is 1.00 e. The maximum Gasteiger partial charge on any atom is 2.00 e. The first-order chi connectivity index (χ1) is 16.2. The van der Waals surface area contributed by atoms with Crippen molar-refractivity contribution in [1.82, 2.24) is 30.2 Å². The number of carbonyl (C=O) groups is 1. The molecule has 3 aromatic carbocycles. The summed E-state index contributed by atoms with van der Waals surface area (Å²) in [4.78, 5) is 16.3. The van der Waals surface area contributed by atoms with Crippen molar-refractivity contribution in [2.75, 3.05) is 6.61 Å². The van der Waals surface area contributed by atoms with Gasteiger partial charge >= 0.3 is 29.0 Å². The van der Waals surface area contributed by atoms with E-state index < -0.39 is 5.97 Å². The minimum Gasteiger partial charge on any atom is -1.00 e. The Morgan fingerprint density at radius 3 is 2.50 bits per heavy atom. The zero-order chi connectivity index (χ0) is 22.8. The third-order valence-electron chi connectivity index (χ3n) is 5.35. The average molecular weight is 467 g/mol. The normalized spacial score (nSPS) is 10.7. The number of nitrogens with zero attached hydrogens (tertiary/aromatic N) is 5. The zero-order valence-electron chi connectivity index (χ0n) is 20.5. The van der Waals surface area contributed by atoms with Gasteiger partial charge in [0.1, 0.15) is 0 Å². The summed E-state index contributed by atoms with van der Waals surface area (Å²) in [5, 5.41) is 24.0. The van der Waals surface area contributed by atoms with Crippen LogP contribution in [0, 0.1) is 0 Å². The van der Waals surface area contributed by atoms with E-state index >= 15 is 0 Å². The van der Waals surface area contributed by atoms with Gasteiger partial charge in [-0.25, -0.2) is 4.79 Å². The molecule has 0 aliphatic rings. The number of nitrogens with one attached hydrogen (secondary N) is 1. The topological polar surface area (TPSA) is 119 Å². The van der Waals surface area contributed by atoms with E-state index in [-0.39, 0.29) is 31.5 Å². The van der Waals surface area contributed by atoms with Crippen LogP contribution in [-0.2, 0) is 6.54 Å². The van der Waals surface area contributed by atoms with Gasteiger partial charge in [-0.3, -0.25) is 4.57 Å². The molecule has 0 aliphatic carbocycles. The van der Waals surface area contributed by atoms with Gasteiger partial charge in [-0.15, -0.1) is 10.2 Å². The van der Waals surface area contributed by atoms with Crippen LogP contribution >= 0.6 is 0 Å². The van der Waals surface area contributed by atoms with Crippen LogP contribution in [-0.4, -0.2) is 70.9 Å². The number of ether oxygens (including phenoxy) is 1. The summed E-state index contributed by atoms with van der Waals surface area (Å²) in [5.74, 6) is -0.472. The first kappa shape index (κ1) is 23.4. The molecule has 2 aromatic heterocycles. The first-order valence-electron chi connectivity index (χ1n) is 10.4. The summed E-state index contributed by atoms with van der Waals surface area (Å²) in [6, 6.07) is 21.4. The van der Waals surface area contributed by atoms with E-state index in [1.165, 1.54) is 0 Å². The number of aromatic carboxylic acids is 1. The van der Waals surface area contributed by atoms with E-state index in [2.05, 4.69) is 25.6 Å². The van der Waals surface area contributed by atoms with Gasteiger partial charge in [-0.1, -0.05) is 54.6 Å². The Hall–Kier alpha value is -3.76. The Morgan fingerprint density at radius 1 is 1.06 bits per heavy atom. The van der Waals surface area contributed by atoms with Crippen LogP contribution in [0.25, 0.3) is 33.5 Å². The van der Waals surface area contributed by atoms with E-state index in [4.69, 9.17) is 4.74 Å². The third-order valence-corrected chi connectivity index (χ3v) is 5.35. The molecular formula is C24H22MgN6O3. The number of benzene rings is 3. The van der Waals surface area contributed by atoms with Crippen molar-refractivity contribution in [3.05, 3.63) is 77.9 Å². The quantitative estimate of drug-likeness (QED) is 0.349. The summed E-state index contributed by atoms with van der Waals surface area (Å²) >= 11 is 0. The van der Waals surface area contributed by atoms with Crippen LogP contribution in [0.3, 0.4) is 0 Å². The van der Waals surface area contributed by atoms with Gasteiger partial charge in [0, 0.05) is 5.56 Å². The van der Waals surface area contributed by atoms with Crippen molar-refractivity contribution in [3.8, 4) is 28.5 Å². The number of aromatic nitrogens is 6. The number of carboxylic acid groups (broad SMARTS) is 1. The molecule has 5 rings (SSSR count). The second-order valence-electron chi connectivity index (χ2n) is 7.37. The largest absolute Gasteiger partial charge is 2.00 e. The molecule has 2 N–H and O–H groups in total. The van der Waals surface area contributed by atoms with Crippen LogP contribution < -0.4 is 4.74 Å². The molecule has 168 valence electrons. The Balaban J connectivity index is 0.00000152. The molecule has 0 radical (unpaired) electrons. The number of aromatic amines is 1. The molecule has 0 unspecified atom stereocenters. The summed E-state index contributed by atoms with van der Waals surface area (Å²) < 4.78 is 7.53. The summed E-state index contributed by atoms with van der Waals surface area (Å²) in [6.45, 7) is 2.72. The maximum atomic E-state index is 11.8. The van der Waals surface area contributed by atoms with Crippen LogP contribution in [0.4, 0.5) is 0 Å². The van der Waals surface area contributed by atoms with Crippen molar-refractivity contribution in [2.45, 2.75) is 13.5 Å². The van der Waals surface area contributed by atoms with E-state index in [0.29, 0.717) is 36.0 Å². The molecule has 0 saturated heterocycles. The zero-order valence-corrected chi connectivity index (χ0v) is 19.9. The third kappa shape index (κ3) is 4.37. The minimum atomic E-state index is -1.00. The van der Waals surface area contributed by atoms with E-state index in [1.807, 2.05) is 60.0 Å². The standard InChI is InChI=1S/C24H20N6O3.Mg.2H/c1-2-33-24-25-20-9-5-8-19(23(31)32)21(20)30(24)14-15-10-12-16(13-11-15)17-6-3-4-7-18(17)22-26-28-29-27-22;;;/h3-13H,2,14H2,1H3,(H,31,32)(H,26,27,28,29);;;/q;+2;2*-1. The fourth-order valence-electron chi connectivity index (χ4n) is 3.90. The summed E-state index contributed by atoms with van der Waals surface area (Å²) in [6.07, 6.45) is 0. The number of imidazole rings is 1. The fraction of sp³-hybridized carbons (Fsp3) is 0.125. The molecule has 0 bridgehead atoms. The summed E-state index contributed by atoms with van der Waals surface area (Å²) in [7, 11) is 0. The molecule has 0 aliphatic heterocycles. The number of H-pyrrole nitrogens is 1. The number of fused-ring (bicyclic) bond motifs is 1. The second-order valence-corrected chi connectivity index (χ2v) is 7.37. The second kappa shape index (κ2) is 10.0. The van der Waals surface area contributed by atoms with Gasteiger partial charge in [0.05, 0.1) is 29.7 Å². The molecule has 34 heavy (non-hydrogen) atoms. The number of rotatable bonds is 7. The average Bonchev–Trinajstić information content (AvgIpc) is 3.49. The Bertz CT molecular complexity index is 1440. The van der Waals surface area contributed by atoms with Gasteiger partial charge in [-0.05, 0) is 41.0 Å². The maximum absolute atomic E-state index is 11.8. The molecule has 0 fully saturated rings. The molecule has 0 atom stereocenters. The molecule has 2 heterocycles. The number of hydrogen-bond acceptors (Lipinski definition) is 6. The van der Waals surface area contributed by atoms with Crippen LogP contribution in [0.5, 0.6) is 6.01 Å². The number of hydrogen-bond donors (Lipinski definition) is 2. The molecule has 0 amide bonds. The molecule has 10 heteroatoms. The number of tetrazole rings is 1. The van der Waals surface area contributed by atoms with Crippen LogP contribution in [0.15, 0.2) is 66.7 Å². The van der Waals surface area contributed by atoms with Crippen molar-refractivity contribution in [1.29, 1.82) is 0 Å². The van der Waals surface area contributed by atoms with Gasteiger partial charge < -0.3 is 12.7 Å². The molecule has 0 spiro atoms. The molecule has 5 aromatic rings. The van der Waals surface area contributed by atoms with E-state index in [0.717, 1.165) is 22.3 Å². The molecule has 9 nitrogen and oxygen atoms in total. The van der Waals surface area contributed by atoms with Crippen molar-refractivity contribution in [3.63, 3.8) is 0 Å². The van der Waals surface area contributed by atoms with Gasteiger partial charge in [0.25, 0.3) is 6.01 Å². The SMILES string of the molecule is CCOc1nc2cccc(C(=O)O)c2n1Cc1ccc(-c2ccccc2-c2nn[nH]n2)cc1.[H-].[H-].[Mg+2]. The summed E-state index contributed by atoms with van der Waals surface area (Å²) in [5.41, 5.74) is 5.17. The Kier molecular flexibility index (Phi) is 6.89. The fourth-order valence-corrected chi connectivity index (χ4v) is 3.90. The molecule has 0 saturated carbocycles. The van der Waals surface area contributed by atoms with Crippen molar-refractivity contribution >= 4 is 40.1 Å². The van der Waals surface area contributed by atoms with Gasteiger partial charge in [0.2, 0.25) is 5.82 Å². The Labute approximate surface area is 213 Å². The molecular weight excluding hydrogens is 445 g/mol. The Morgan fingerprint density at radius 2 is 1.82 bits per heavy atom.